The number of pyridine rings is 1. The number of carbonyl (C=O) groups is 1. The zero-order valence-electron chi connectivity index (χ0n) is 10.2. The molecule has 0 atom stereocenters. The second kappa shape index (κ2) is 3.98. The highest BCUT2D eigenvalue weighted by atomic mass is 16.1. The molecule has 1 aromatic carbocycles. The molecule has 92 valence electrons. The molecule has 0 saturated heterocycles. The summed E-state index contributed by atoms with van der Waals surface area (Å²) in [7, 11) is 0. The van der Waals surface area contributed by atoms with Gasteiger partial charge in [-0.1, -0.05) is 0 Å². The van der Waals surface area contributed by atoms with Gasteiger partial charge in [0.2, 0.25) is 0 Å². The van der Waals surface area contributed by atoms with Crippen molar-refractivity contribution in [3.8, 4) is 0 Å². The SMILES string of the molecule is Cc1cc(C(=O)NC2CC2)c2cc(N)ccc2n1. The van der Waals surface area contributed by atoms with E-state index >= 15 is 0 Å². The molecule has 1 heterocycles. The van der Waals surface area contributed by atoms with E-state index in [2.05, 4.69) is 10.3 Å². The number of carbonyl (C=O) groups excluding carboxylic acids is 1. The minimum atomic E-state index is -0.0291. The van der Waals surface area contributed by atoms with E-state index < -0.39 is 0 Å². The first-order valence-electron chi connectivity index (χ1n) is 6.11. The molecule has 1 amide bonds. The van der Waals surface area contributed by atoms with E-state index in [1.165, 1.54) is 0 Å². The number of benzene rings is 1. The van der Waals surface area contributed by atoms with Crippen molar-refractivity contribution in [2.24, 2.45) is 0 Å². The number of aromatic nitrogens is 1. The van der Waals surface area contributed by atoms with Crippen LogP contribution in [0.5, 0.6) is 0 Å². The highest BCUT2D eigenvalue weighted by Gasteiger charge is 2.24. The van der Waals surface area contributed by atoms with Gasteiger partial charge in [-0.2, -0.15) is 0 Å². The summed E-state index contributed by atoms with van der Waals surface area (Å²) in [5.41, 5.74) is 8.75. The average Bonchev–Trinajstić information content (AvgIpc) is 3.12. The van der Waals surface area contributed by atoms with Gasteiger partial charge in [0, 0.05) is 22.8 Å². The molecule has 4 nitrogen and oxygen atoms in total. The van der Waals surface area contributed by atoms with Crippen molar-refractivity contribution >= 4 is 22.5 Å². The third-order valence-electron chi connectivity index (χ3n) is 3.12. The number of anilines is 1. The quantitative estimate of drug-likeness (QED) is 0.790. The third kappa shape index (κ3) is 2.01. The molecule has 1 fully saturated rings. The zero-order valence-corrected chi connectivity index (χ0v) is 10.2. The lowest BCUT2D eigenvalue weighted by Crippen LogP contribution is -2.25. The number of aryl methyl sites for hydroxylation is 1. The van der Waals surface area contributed by atoms with Gasteiger partial charge in [0.15, 0.2) is 0 Å². The van der Waals surface area contributed by atoms with Gasteiger partial charge in [0.05, 0.1) is 11.1 Å². The topological polar surface area (TPSA) is 68.0 Å². The number of nitrogens with two attached hydrogens (primary N) is 1. The van der Waals surface area contributed by atoms with Crippen LogP contribution in [0.2, 0.25) is 0 Å². The molecule has 0 spiro atoms. The maximum Gasteiger partial charge on any atom is 0.252 e. The Kier molecular flexibility index (Phi) is 2.44. The van der Waals surface area contributed by atoms with E-state index in [1.54, 1.807) is 6.07 Å². The predicted octanol–water partition coefficient (Wildman–Crippen LogP) is 2.02. The van der Waals surface area contributed by atoms with Crippen LogP contribution in [0.4, 0.5) is 5.69 Å². The van der Waals surface area contributed by atoms with Gasteiger partial charge in [-0.25, -0.2) is 0 Å². The summed E-state index contributed by atoms with van der Waals surface area (Å²) < 4.78 is 0. The number of fused-ring (bicyclic) bond motifs is 1. The van der Waals surface area contributed by atoms with Crippen molar-refractivity contribution in [3.05, 3.63) is 35.5 Å². The molecule has 3 N–H and O–H groups in total. The average molecular weight is 241 g/mol. The van der Waals surface area contributed by atoms with E-state index in [0.717, 1.165) is 29.4 Å². The number of nitrogens with zero attached hydrogens (tertiary/aromatic N) is 1. The molecular formula is C14H15N3O. The first kappa shape index (κ1) is 11.0. The van der Waals surface area contributed by atoms with Gasteiger partial charge in [-0.05, 0) is 44.0 Å². The lowest BCUT2D eigenvalue weighted by molar-refractivity contribution is 0.0952. The summed E-state index contributed by atoms with van der Waals surface area (Å²) in [6.45, 7) is 1.89. The number of rotatable bonds is 2. The van der Waals surface area contributed by atoms with E-state index in [0.29, 0.717) is 17.3 Å². The first-order chi connectivity index (χ1) is 8.63. The molecule has 1 saturated carbocycles. The van der Waals surface area contributed by atoms with Crippen molar-refractivity contribution in [2.45, 2.75) is 25.8 Å². The monoisotopic (exact) mass is 241 g/mol. The maximum atomic E-state index is 12.2. The van der Waals surface area contributed by atoms with E-state index in [-0.39, 0.29) is 5.91 Å². The van der Waals surface area contributed by atoms with Crippen molar-refractivity contribution in [2.75, 3.05) is 5.73 Å². The Bertz CT molecular complexity index is 632. The predicted molar refractivity (Wildman–Crippen MR) is 71.4 cm³/mol. The third-order valence-corrected chi connectivity index (χ3v) is 3.12. The smallest absolute Gasteiger partial charge is 0.252 e. The number of hydrogen-bond acceptors (Lipinski definition) is 3. The van der Waals surface area contributed by atoms with E-state index in [9.17, 15) is 4.79 Å². The summed E-state index contributed by atoms with van der Waals surface area (Å²) in [5.74, 6) is -0.0291. The lowest BCUT2D eigenvalue weighted by Gasteiger charge is -2.09. The van der Waals surface area contributed by atoms with Crippen LogP contribution < -0.4 is 11.1 Å². The first-order valence-corrected chi connectivity index (χ1v) is 6.11. The summed E-state index contributed by atoms with van der Waals surface area (Å²) in [4.78, 5) is 16.6. The summed E-state index contributed by atoms with van der Waals surface area (Å²) in [6, 6.07) is 7.63. The van der Waals surface area contributed by atoms with Gasteiger partial charge in [-0.3, -0.25) is 9.78 Å². The van der Waals surface area contributed by atoms with Gasteiger partial charge in [-0.15, -0.1) is 0 Å². The normalized spacial score (nSPS) is 14.7. The maximum absolute atomic E-state index is 12.2. The van der Waals surface area contributed by atoms with Crippen LogP contribution in [-0.2, 0) is 0 Å². The molecule has 1 aliphatic carbocycles. The summed E-state index contributed by atoms with van der Waals surface area (Å²) in [6.07, 6.45) is 2.16. The van der Waals surface area contributed by atoms with E-state index in [1.807, 2.05) is 25.1 Å². The Morgan fingerprint density at radius 1 is 1.39 bits per heavy atom. The molecule has 0 radical (unpaired) electrons. The van der Waals surface area contributed by atoms with Crippen LogP contribution in [0.1, 0.15) is 28.9 Å². The van der Waals surface area contributed by atoms with Crippen LogP contribution >= 0.6 is 0 Å². The Balaban J connectivity index is 2.12. The largest absolute Gasteiger partial charge is 0.399 e. The Morgan fingerprint density at radius 3 is 2.89 bits per heavy atom. The van der Waals surface area contributed by atoms with E-state index in [4.69, 9.17) is 5.73 Å². The molecule has 0 aliphatic heterocycles. The minimum absolute atomic E-state index is 0.0291. The minimum Gasteiger partial charge on any atom is -0.399 e. The fourth-order valence-corrected chi connectivity index (χ4v) is 2.05. The van der Waals surface area contributed by atoms with Crippen molar-refractivity contribution in [3.63, 3.8) is 0 Å². The highest BCUT2D eigenvalue weighted by molar-refractivity contribution is 6.07. The van der Waals surface area contributed by atoms with Gasteiger partial charge >= 0.3 is 0 Å². The fourth-order valence-electron chi connectivity index (χ4n) is 2.05. The molecule has 1 aliphatic rings. The van der Waals surface area contributed by atoms with Crippen molar-refractivity contribution < 1.29 is 4.79 Å². The van der Waals surface area contributed by atoms with Crippen LogP contribution in [0.25, 0.3) is 10.9 Å². The van der Waals surface area contributed by atoms with Crippen LogP contribution in [0, 0.1) is 6.92 Å². The van der Waals surface area contributed by atoms with Gasteiger partial charge in [0.1, 0.15) is 0 Å². The number of hydrogen-bond donors (Lipinski definition) is 2. The van der Waals surface area contributed by atoms with Crippen LogP contribution in [-0.4, -0.2) is 16.9 Å². The van der Waals surface area contributed by atoms with Crippen LogP contribution in [0.15, 0.2) is 24.3 Å². The molecule has 3 rings (SSSR count). The molecule has 4 heteroatoms. The summed E-state index contributed by atoms with van der Waals surface area (Å²) in [5, 5.41) is 3.82. The molecule has 18 heavy (non-hydrogen) atoms. The standard InChI is InChI=1S/C14H15N3O/c1-8-6-12(14(18)17-10-3-4-10)11-7-9(15)2-5-13(11)16-8/h2,5-7,10H,3-4,15H2,1H3,(H,17,18). The number of nitrogens with one attached hydrogen (secondary N) is 1. The number of nitrogen functional groups attached to an aromatic ring is 1. The Labute approximate surface area is 105 Å². The van der Waals surface area contributed by atoms with Gasteiger partial charge < -0.3 is 11.1 Å². The zero-order chi connectivity index (χ0) is 12.7. The fraction of sp³-hybridized carbons (Fsp3) is 0.286. The second-order valence-corrected chi connectivity index (χ2v) is 4.84. The van der Waals surface area contributed by atoms with Crippen LogP contribution in [0.3, 0.4) is 0 Å². The summed E-state index contributed by atoms with van der Waals surface area (Å²) >= 11 is 0. The molecular weight excluding hydrogens is 226 g/mol. The Morgan fingerprint density at radius 2 is 2.17 bits per heavy atom. The molecule has 1 aromatic heterocycles. The highest BCUT2D eigenvalue weighted by Crippen LogP contribution is 2.23. The van der Waals surface area contributed by atoms with Crippen molar-refractivity contribution in [1.82, 2.24) is 10.3 Å². The molecule has 0 bridgehead atoms. The molecule has 0 unspecified atom stereocenters. The van der Waals surface area contributed by atoms with Gasteiger partial charge in [0.25, 0.3) is 5.91 Å². The molecule has 2 aromatic rings. The second-order valence-electron chi connectivity index (χ2n) is 4.84. The Hall–Kier alpha value is -2.10. The number of amides is 1. The lowest BCUT2D eigenvalue weighted by atomic mass is 10.1. The van der Waals surface area contributed by atoms with Crippen molar-refractivity contribution in [1.29, 1.82) is 0 Å².